The van der Waals surface area contributed by atoms with Crippen LogP contribution in [0.3, 0.4) is 0 Å². The number of aldehydes is 1. The maximum absolute atomic E-state index is 10.4. The van der Waals surface area contributed by atoms with Crippen molar-refractivity contribution < 1.29 is 9.53 Å². The molecule has 3 nitrogen and oxygen atoms in total. The number of carbonyl (C=O) groups is 1. The molecule has 2 aromatic rings. The largest absolute Gasteiger partial charge is 0.497 e. The highest BCUT2D eigenvalue weighted by Gasteiger charge is 2.07. The molecule has 0 aliphatic rings. The molecule has 3 heteroatoms. The molecule has 1 heterocycles. The van der Waals surface area contributed by atoms with E-state index in [1.165, 1.54) is 16.5 Å². The van der Waals surface area contributed by atoms with Crippen LogP contribution in [0.4, 0.5) is 0 Å². The summed E-state index contributed by atoms with van der Waals surface area (Å²) in [6.45, 7) is 0. The van der Waals surface area contributed by atoms with Crippen LogP contribution in [-0.4, -0.2) is 18.0 Å². The van der Waals surface area contributed by atoms with Gasteiger partial charge in [0.15, 0.2) is 0 Å². The highest BCUT2D eigenvalue weighted by Crippen LogP contribution is 2.25. The number of aryl methyl sites for hydroxylation is 2. The normalized spacial score (nSPS) is 10.6. The monoisotopic (exact) mass is 217 g/mol. The molecular formula is C13H15NO2. The Labute approximate surface area is 94.6 Å². The van der Waals surface area contributed by atoms with Crippen LogP contribution >= 0.6 is 0 Å². The highest BCUT2D eigenvalue weighted by atomic mass is 16.5. The van der Waals surface area contributed by atoms with Gasteiger partial charge in [-0.2, -0.15) is 0 Å². The van der Waals surface area contributed by atoms with Crippen LogP contribution in [-0.2, 0) is 18.3 Å². The van der Waals surface area contributed by atoms with Gasteiger partial charge in [0, 0.05) is 30.6 Å². The van der Waals surface area contributed by atoms with Gasteiger partial charge in [-0.05, 0) is 30.2 Å². The maximum Gasteiger partial charge on any atom is 0.120 e. The molecule has 84 valence electrons. The van der Waals surface area contributed by atoms with Gasteiger partial charge >= 0.3 is 0 Å². The van der Waals surface area contributed by atoms with Crippen LogP contribution in [0.15, 0.2) is 24.4 Å². The quantitative estimate of drug-likeness (QED) is 0.736. The maximum atomic E-state index is 10.4. The van der Waals surface area contributed by atoms with Crippen LogP contribution < -0.4 is 4.74 Å². The van der Waals surface area contributed by atoms with Crippen molar-refractivity contribution in [2.24, 2.45) is 7.05 Å². The van der Waals surface area contributed by atoms with Crippen molar-refractivity contribution in [3.8, 4) is 5.75 Å². The Morgan fingerprint density at radius 2 is 2.25 bits per heavy atom. The van der Waals surface area contributed by atoms with Crippen molar-refractivity contribution in [3.63, 3.8) is 0 Å². The molecule has 0 saturated carbocycles. The van der Waals surface area contributed by atoms with Crippen molar-refractivity contribution in [2.45, 2.75) is 12.8 Å². The fourth-order valence-electron chi connectivity index (χ4n) is 1.99. The zero-order valence-electron chi connectivity index (χ0n) is 9.56. The molecule has 0 fully saturated rings. The van der Waals surface area contributed by atoms with Gasteiger partial charge in [-0.3, -0.25) is 0 Å². The van der Waals surface area contributed by atoms with Crippen LogP contribution in [0.1, 0.15) is 12.0 Å². The van der Waals surface area contributed by atoms with Gasteiger partial charge in [0.1, 0.15) is 12.0 Å². The molecule has 0 N–H and O–H groups in total. The minimum absolute atomic E-state index is 0.566. The predicted octanol–water partition coefficient (Wildman–Crippen LogP) is 2.32. The Hall–Kier alpha value is -1.77. The number of methoxy groups -OCH3 is 1. The van der Waals surface area contributed by atoms with Gasteiger partial charge in [0.05, 0.1) is 7.11 Å². The van der Waals surface area contributed by atoms with Crippen LogP contribution in [0.5, 0.6) is 5.75 Å². The fraction of sp³-hybridized carbons (Fsp3) is 0.308. The zero-order valence-corrected chi connectivity index (χ0v) is 9.56. The molecule has 2 rings (SSSR count). The smallest absolute Gasteiger partial charge is 0.120 e. The first-order valence-corrected chi connectivity index (χ1v) is 5.32. The average Bonchev–Trinajstić information content (AvgIpc) is 2.63. The van der Waals surface area contributed by atoms with Crippen LogP contribution in [0.2, 0.25) is 0 Å². The molecule has 0 spiro atoms. The second-order valence-corrected chi connectivity index (χ2v) is 3.85. The van der Waals surface area contributed by atoms with E-state index >= 15 is 0 Å². The van der Waals surface area contributed by atoms with Gasteiger partial charge in [-0.25, -0.2) is 0 Å². The Balaban J connectivity index is 2.51. The number of hydrogen-bond acceptors (Lipinski definition) is 2. The van der Waals surface area contributed by atoms with E-state index in [0.29, 0.717) is 6.42 Å². The Morgan fingerprint density at radius 3 is 2.94 bits per heavy atom. The zero-order chi connectivity index (χ0) is 11.5. The number of benzene rings is 1. The summed E-state index contributed by atoms with van der Waals surface area (Å²) < 4.78 is 7.29. The summed E-state index contributed by atoms with van der Waals surface area (Å²) in [6, 6.07) is 6.01. The first-order chi connectivity index (χ1) is 7.76. The van der Waals surface area contributed by atoms with Gasteiger partial charge in [0.2, 0.25) is 0 Å². The topological polar surface area (TPSA) is 31.2 Å². The van der Waals surface area contributed by atoms with Gasteiger partial charge in [-0.15, -0.1) is 0 Å². The van der Waals surface area contributed by atoms with Gasteiger partial charge in [-0.1, -0.05) is 0 Å². The summed E-state index contributed by atoms with van der Waals surface area (Å²) in [4.78, 5) is 10.4. The summed E-state index contributed by atoms with van der Waals surface area (Å²) in [5.74, 6) is 0.853. The molecule has 0 atom stereocenters. The molecular weight excluding hydrogens is 202 g/mol. The summed E-state index contributed by atoms with van der Waals surface area (Å²) in [7, 11) is 3.68. The van der Waals surface area contributed by atoms with Crippen LogP contribution in [0, 0.1) is 0 Å². The highest BCUT2D eigenvalue weighted by molar-refractivity contribution is 5.85. The summed E-state index contributed by atoms with van der Waals surface area (Å²) >= 11 is 0. The first kappa shape index (κ1) is 10.7. The molecule has 1 aromatic carbocycles. The summed E-state index contributed by atoms with van der Waals surface area (Å²) in [5, 5.41) is 1.17. The Morgan fingerprint density at radius 1 is 1.44 bits per heavy atom. The van der Waals surface area contributed by atoms with Crippen molar-refractivity contribution in [2.75, 3.05) is 7.11 Å². The third-order valence-corrected chi connectivity index (χ3v) is 2.81. The molecule has 1 aromatic heterocycles. The Bertz CT molecular complexity index is 514. The minimum atomic E-state index is 0.566. The van der Waals surface area contributed by atoms with E-state index in [2.05, 4.69) is 10.8 Å². The van der Waals surface area contributed by atoms with E-state index in [4.69, 9.17) is 4.74 Å². The number of carbonyl (C=O) groups excluding carboxylic acids is 1. The third kappa shape index (κ3) is 1.81. The number of ether oxygens (including phenoxy) is 1. The SMILES string of the molecule is COc1ccc2c(c1)c(CCC=O)cn2C. The molecule has 0 aliphatic heterocycles. The lowest BCUT2D eigenvalue weighted by atomic mass is 10.1. The van der Waals surface area contributed by atoms with E-state index in [1.54, 1.807) is 7.11 Å². The van der Waals surface area contributed by atoms with Gasteiger partial charge in [0.25, 0.3) is 0 Å². The average molecular weight is 217 g/mol. The van der Waals surface area contributed by atoms with Gasteiger partial charge < -0.3 is 14.1 Å². The van der Waals surface area contributed by atoms with Crippen molar-refractivity contribution in [1.82, 2.24) is 4.57 Å². The lowest BCUT2D eigenvalue weighted by Gasteiger charge is -2.01. The molecule has 0 bridgehead atoms. The lowest BCUT2D eigenvalue weighted by Crippen LogP contribution is -1.85. The van der Waals surface area contributed by atoms with E-state index in [-0.39, 0.29) is 0 Å². The standard InChI is InChI=1S/C13H15NO2/c1-14-9-10(4-3-7-15)12-8-11(16-2)5-6-13(12)14/h5-9H,3-4H2,1-2H3. The molecule has 0 amide bonds. The minimum Gasteiger partial charge on any atom is -0.497 e. The first-order valence-electron chi connectivity index (χ1n) is 5.32. The number of rotatable bonds is 4. The summed E-state index contributed by atoms with van der Waals surface area (Å²) in [5.41, 5.74) is 2.37. The number of nitrogens with zero attached hydrogens (tertiary/aromatic N) is 1. The molecule has 16 heavy (non-hydrogen) atoms. The molecule has 0 saturated heterocycles. The van der Waals surface area contributed by atoms with Crippen LogP contribution in [0.25, 0.3) is 10.9 Å². The van der Waals surface area contributed by atoms with E-state index < -0.39 is 0 Å². The Kier molecular flexibility index (Phi) is 2.95. The van der Waals surface area contributed by atoms with Crippen molar-refractivity contribution in [3.05, 3.63) is 30.0 Å². The number of hydrogen-bond donors (Lipinski definition) is 0. The number of fused-ring (bicyclic) bond motifs is 1. The molecule has 0 aliphatic carbocycles. The van der Waals surface area contributed by atoms with E-state index in [0.717, 1.165) is 18.5 Å². The van der Waals surface area contributed by atoms with Crippen molar-refractivity contribution >= 4 is 17.2 Å². The second-order valence-electron chi connectivity index (χ2n) is 3.85. The van der Waals surface area contributed by atoms with Crippen molar-refractivity contribution in [1.29, 1.82) is 0 Å². The second kappa shape index (κ2) is 4.39. The number of aromatic nitrogens is 1. The predicted molar refractivity (Wildman–Crippen MR) is 63.9 cm³/mol. The van der Waals surface area contributed by atoms with E-state index in [1.807, 2.05) is 25.2 Å². The third-order valence-electron chi connectivity index (χ3n) is 2.81. The summed E-state index contributed by atoms with van der Waals surface area (Å²) in [6.07, 6.45) is 4.39. The van der Waals surface area contributed by atoms with E-state index in [9.17, 15) is 4.79 Å². The fourth-order valence-corrected chi connectivity index (χ4v) is 1.99. The molecule has 0 unspecified atom stereocenters. The molecule has 0 radical (unpaired) electrons. The lowest BCUT2D eigenvalue weighted by molar-refractivity contribution is -0.107.